The Morgan fingerprint density at radius 1 is 1.06 bits per heavy atom. The smallest absolute Gasteiger partial charge is 0.271 e. The fraction of sp³-hybridized carbons (Fsp3) is 0.480. The Balaban J connectivity index is 1.87. The van der Waals surface area contributed by atoms with E-state index in [4.69, 9.17) is 21.1 Å². The van der Waals surface area contributed by atoms with Crippen LogP contribution >= 0.6 is 11.6 Å². The molecule has 190 valence electrons. The molecule has 35 heavy (non-hydrogen) atoms. The molecule has 0 fully saturated rings. The molecule has 0 unspecified atom stereocenters. The van der Waals surface area contributed by atoms with Crippen LogP contribution in [0.25, 0.3) is 0 Å². The Morgan fingerprint density at radius 2 is 1.74 bits per heavy atom. The molecule has 0 aliphatic heterocycles. The number of halogens is 1. The van der Waals surface area contributed by atoms with E-state index in [0.717, 1.165) is 24.9 Å². The summed E-state index contributed by atoms with van der Waals surface area (Å²) < 4.78 is 11.1. The number of nitro benzene ring substituents is 1. The van der Waals surface area contributed by atoms with Crippen molar-refractivity contribution in [3.05, 3.63) is 57.6 Å². The number of Topliss-reactive ketones (excluding diaryl/α,β-unsaturated/α-hetero) is 1. The van der Waals surface area contributed by atoms with Crippen LogP contribution in [0.5, 0.6) is 0 Å². The first-order chi connectivity index (χ1) is 16.9. The summed E-state index contributed by atoms with van der Waals surface area (Å²) >= 11 is 6.05. The molecule has 0 bridgehead atoms. The third-order valence-electron chi connectivity index (χ3n) is 5.23. The molecule has 0 N–H and O–H groups in total. The van der Waals surface area contributed by atoms with Gasteiger partial charge >= 0.3 is 0 Å². The number of hydrogen-bond acceptors (Lipinski definition) is 8. The standard InChI is InChI=1S/C25H33ClN4O5/c1-4-29(18-22(31)9-7-8-10-25(34-5-2)35-6-3)20-13-11-19(12-14-20)27-28-24-16-15-21(30(32)33)17-23(24)26/h11-17,25H,4-10,18H2,1-3H3. The van der Waals surface area contributed by atoms with Crippen LogP contribution in [0, 0.1) is 10.1 Å². The van der Waals surface area contributed by atoms with E-state index in [1.807, 2.05) is 37.8 Å². The minimum Gasteiger partial charge on any atom is -0.364 e. The number of benzene rings is 2. The maximum Gasteiger partial charge on any atom is 0.271 e. The highest BCUT2D eigenvalue weighted by Crippen LogP contribution is 2.30. The molecule has 0 heterocycles. The highest BCUT2D eigenvalue weighted by molar-refractivity contribution is 6.33. The normalized spacial score (nSPS) is 11.3. The Labute approximate surface area is 211 Å². The number of anilines is 1. The Morgan fingerprint density at radius 3 is 2.31 bits per heavy atom. The van der Waals surface area contributed by atoms with Gasteiger partial charge in [-0.3, -0.25) is 14.9 Å². The monoisotopic (exact) mass is 504 g/mol. The molecule has 0 aliphatic rings. The molecule has 0 amide bonds. The van der Waals surface area contributed by atoms with Gasteiger partial charge in [0.2, 0.25) is 0 Å². The van der Waals surface area contributed by atoms with Crippen LogP contribution in [0.15, 0.2) is 52.7 Å². The van der Waals surface area contributed by atoms with Crippen molar-refractivity contribution in [3.8, 4) is 0 Å². The molecular formula is C25H33ClN4O5. The lowest BCUT2D eigenvalue weighted by Crippen LogP contribution is -2.29. The van der Waals surface area contributed by atoms with E-state index in [9.17, 15) is 14.9 Å². The van der Waals surface area contributed by atoms with Gasteiger partial charge in [-0.25, -0.2) is 0 Å². The van der Waals surface area contributed by atoms with Crippen LogP contribution in [-0.2, 0) is 14.3 Å². The lowest BCUT2D eigenvalue weighted by Gasteiger charge is -2.22. The van der Waals surface area contributed by atoms with Gasteiger partial charge < -0.3 is 14.4 Å². The molecule has 0 spiro atoms. The van der Waals surface area contributed by atoms with Crippen LogP contribution < -0.4 is 4.90 Å². The summed E-state index contributed by atoms with van der Waals surface area (Å²) in [6, 6.07) is 11.4. The number of non-ortho nitro benzene ring substituents is 1. The average Bonchev–Trinajstić information content (AvgIpc) is 2.85. The number of nitrogens with zero attached hydrogens (tertiary/aromatic N) is 4. The zero-order valence-electron chi connectivity index (χ0n) is 20.5. The number of likely N-dealkylation sites (N-methyl/N-ethyl adjacent to an activating group) is 1. The molecule has 0 aromatic heterocycles. The first-order valence-electron chi connectivity index (χ1n) is 11.8. The Hall–Kier alpha value is -2.88. The molecule has 2 aromatic carbocycles. The Kier molecular flexibility index (Phi) is 12.3. The van der Waals surface area contributed by atoms with Crippen molar-refractivity contribution in [2.24, 2.45) is 10.2 Å². The zero-order chi connectivity index (χ0) is 25.6. The number of azo groups is 1. The van der Waals surface area contributed by atoms with E-state index in [1.54, 1.807) is 12.1 Å². The van der Waals surface area contributed by atoms with Crippen molar-refractivity contribution in [1.29, 1.82) is 0 Å². The summed E-state index contributed by atoms with van der Waals surface area (Å²) in [6.07, 6.45) is 2.79. The second kappa shape index (κ2) is 15.2. The van der Waals surface area contributed by atoms with Gasteiger partial charge in [0.1, 0.15) is 5.69 Å². The van der Waals surface area contributed by atoms with Crippen molar-refractivity contribution in [2.45, 2.75) is 52.7 Å². The molecular weight excluding hydrogens is 472 g/mol. The van der Waals surface area contributed by atoms with E-state index >= 15 is 0 Å². The predicted molar refractivity (Wildman–Crippen MR) is 137 cm³/mol. The number of unbranched alkanes of at least 4 members (excludes halogenated alkanes) is 1. The van der Waals surface area contributed by atoms with Crippen LogP contribution in [-0.4, -0.2) is 43.3 Å². The predicted octanol–water partition coefficient (Wildman–Crippen LogP) is 7.02. The molecule has 0 saturated carbocycles. The highest BCUT2D eigenvalue weighted by atomic mass is 35.5. The van der Waals surface area contributed by atoms with Crippen molar-refractivity contribution in [3.63, 3.8) is 0 Å². The van der Waals surface area contributed by atoms with Crippen molar-refractivity contribution < 1.29 is 19.2 Å². The van der Waals surface area contributed by atoms with Gasteiger partial charge in [-0.15, -0.1) is 5.11 Å². The SMILES string of the molecule is CCOC(CCCCC(=O)CN(CC)c1ccc(N=Nc2ccc([N+](=O)[O-])cc2Cl)cc1)OCC. The molecule has 9 nitrogen and oxygen atoms in total. The van der Waals surface area contributed by atoms with Crippen LogP contribution in [0.4, 0.5) is 22.7 Å². The second-order valence-electron chi connectivity index (χ2n) is 7.75. The summed E-state index contributed by atoms with van der Waals surface area (Å²) in [6.45, 7) is 8.15. The van der Waals surface area contributed by atoms with Gasteiger partial charge in [0.25, 0.3) is 5.69 Å². The fourth-order valence-electron chi connectivity index (χ4n) is 3.43. The van der Waals surface area contributed by atoms with Crippen LogP contribution in [0.2, 0.25) is 5.02 Å². The Bertz CT molecular complexity index is 978. The lowest BCUT2D eigenvalue weighted by molar-refractivity contribution is -0.384. The molecule has 0 aliphatic carbocycles. The minimum absolute atomic E-state index is 0.104. The van der Waals surface area contributed by atoms with E-state index in [1.165, 1.54) is 18.2 Å². The second-order valence-corrected chi connectivity index (χ2v) is 8.16. The van der Waals surface area contributed by atoms with Crippen molar-refractivity contribution in [2.75, 3.05) is 31.2 Å². The number of hydrogen-bond donors (Lipinski definition) is 0. The molecule has 0 radical (unpaired) electrons. The fourth-order valence-corrected chi connectivity index (χ4v) is 3.64. The van der Waals surface area contributed by atoms with Gasteiger partial charge in [-0.2, -0.15) is 5.11 Å². The maximum absolute atomic E-state index is 12.5. The zero-order valence-corrected chi connectivity index (χ0v) is 21.2. The third kappa shape index (κ3) is 9.71. The van der Waals surface area contributed by atoms with Crippen molar-refractivity contribution >= 4 is 40.1 Å². The lowest BCUT2D eigenvalue weighted by atomic mass is 10.1. The van der Waals surface area contributed by atoms with Gasteiger partial charge in [0, 0.05) is 44.0 Å². The van der Waals surface area contributed by atoms with Crippen molar-refractivity contribution in [1.82, 2.24) is 0 Å². The summed E-state index contributed by atoms with van der Waals surface area (Å²) in [5, 5.41) is 19.2. The average molecular weight is 505 g/mol. The van der Waals surface area contributed by atoms with Gasteiger partial charge in [-0.1, -0.05) is 11.6 Å². The number of carbonyl (C=O) groups is 1. The van der Waals surface area contributed by atoms with Crippen LogP contribution in [0.1, 0.15) is 46.5 Å². The van der Waals surface area contributed by atoms with E-state index in [0.29, 0.717) is 44.1 Å². The maximum atomic E-state index is 12.5. The number of rotatable bonds is 16. The molecule has 0 saturated heterocycles. The quantitative estimate of drug-likeness (QED) is 0.0799. The first kappa shape index (κ1) is 28.4. The molecule has 10 heteroatoms. The molecule has 2 aromatic rings. The number of carbonyl (C=O) groups excluding carboxylic acids is 1. The van der Waals surface area contributed by atoms with Gasteiger partial charge in [0.05, 0.1) is 22.2 Å². The first-order valence-corrected chi connectivity index (χ1v) is 12.2. The largest absolute Gasteiger partial charge is 0.364 e. The van der Waals surface area contributed by atoms with E-state index in [-0.39, 0.29) is 22.8 Å². The number of ether oxygens (including phenoxy) is 2. The van der Waals surface area contributed by atoms with Gasteiger partial charge in [-0.05, 0) is 70.4 Å². The third-order valence-corrected chi connectivity index (χ3v) is 5.53. The van der Waals surface area contributed by atoms with E-state index < -0.39 is 4.92 Å². The number of ketones is 1. The molecule has 2 rings (SSSR count). The summed E-state index contributed by atoms with van der Waals surface area (Å²) in [5.74, 6) is 0.188. The van der Waals surface area contributed by atoms with Crippen LogP contribution in [0.3, 0.4) is 0 Å². The number of nitro groups is 1. The summed E-state index contributed by atoms with van der Waals surface area (Å²) in [7, 11) is 0. The highest BCUT2D eigenvalue weighted by Gasteiger charge is 2.12. The summed E-state index contributed by atoms with van der Waals surface area (Å²) in [4.78, 5) is 24.8. The van der Waals surface area contributed by atoms with E-state index in [2.05, 4.69) is 10.2 Å². The van der Waals surface area contributed by atoms with Gasteiger partial charge in [0.15, 0.2) is 12.1 Å². The minimum atomic E-state index is -0.518. The molecule has 0 atom stereocenters. The summed E-state index contributed by atoms with van der Waals surface area (Å²) in [5.41, 5.74) is 1.76. The topological polar surface area (TPSA) is 107 Å².